The van der Waals surface area contributed by atoms with E-state index in [1.165, 1.54) is 17.6 Å². The highest BCUT2D eigenvalue weighted by Crippen LogP contribution is 2.39. The summed E-state index contributed by atoms with van der Waals surface area (Å²) in [5.41, 5.74) is 1.60. The summed E-state index contributed by atoms with van der Waals surface area (Å²) < 4.78 is 2.19. The van der Waals surface area contributed by atoms with E-state index in [1.54, 1.807) is 0 Å². The van der Waals surface area contributed by atoms with Crippen LogP contribution in [0, 0.1) is 0 Å². The molecule has 0 radical (unpaired) electrons. The molecule has 1 fully saturated rings. The highest BCUT2D eigenvalue weighted by molar-refractivity contribution is 5.80. The molecule has 5 rings (SSSR count). The molecule has 2 aromatic heterocycles. The van der Waals surface area contributed by atoms with Crippen molar-refractivity contribution < 1.29 is 4.79 Å². The van der Waals surface area contributed by atoms with E-state index in [4.69, 9.17) is 0 Å². The van der Waals surface area contributed by atoms with Crippen LogP contribution in [0.15, 0.2) is 24.3 Å². The number of benzene rings is 1. The van der Waals surface area contributed by atoms with E-state index in [0.29, 0.717) is 19.0 Å². The second kappa shape index (κ2) is 5.37. The van der Waals surface area contributed by atoms with Crippen molar-refractivity contribution in [1.29, 1.82) is 0 Å². The first-order chi connectivity index (χ1) is 12.2. The van der Waals surface area contributed by atoms with Gasteiger partial charge in [0.05, 0.1) is 6.54 Å². The Morgan fingerprint density at radius 1 is 1.12 bits per heavy atom. The maximum absolute atomic E-state index is 12.9. The lowest BCUT2D eigenvalue weighted by molar-refractivity contribution is -0.136. The minimum atomic E-state index is -0.440. The Morgan fingerprint density at radius 3 is 2.52 bits per heavy atom. The van der Waals surface area contributed by atoms with Crippen LogP contribution in [0.4, 0.5) is 0 Å². The van der Waals surface area contributed by atoms with Crippen LogP contribution >= 0.6 is 0 Å². The van der Waals surface area contributed by atoms with Crippen molar-refractivity contribution in [3.63, 3.8) is 0 Å². The summed E-state index contributed by atoms with van der Waals surface area (Å²) in [6.45, 7) is 3.79. The van der Waals surface area contributed by atoms with E-state index < -0.39 is 6.04 Å². The molecule has 0 N–H and O–H groups in total. The third-order valence-corrected chi connectivity index (χ3v) is 5.04. The third-order valence-electron chi connectivity index (χ3n) is 5.04. The van der Waals surface area contributed by atoms with Gasteiger partial charge in [-0.05, 0) is 31.9 Å². The van der Waals surface area contributed by atoms with E-state index in [0.717, 1.165) is 29.2 Å². The number of carbonyl (C=O) groups excluding carboxylic acids is 1. The molecule has 1 amide bonds. The van der Waals surface area contributed by atoms with Crippen molar-refractivity contribution in [2.75, 3.05) is 6.54 Å². The minimum absolute atomic E-state index is 0.0162. The Hall–Kier alpha value is -2.77. The summed E-state index contributed by atoms with van der Waals surface area (Å²) in [6, 6.07) is 7.20. The van der Waals surface area contributed by atoms with Gasteiger partial charge in [-0.2, -0.15) is 15.0 Å². The number of fused-ring (bicyclic) bond motifs is 2. The number of aromatic nitrogens is 6. The number of rotatable bonds is 3. The molecule has 1 saturated carbocycles. The van der Waals surface area contributed by atoms with Crippen LogP contribution in [0.25, 0.3) is 11.0 Å². The second-order valence-corrected chi connectivity index (χ2v) is 6.85. The molecule has 3 heterocycles. The SMILES string of the molecule is C[C@H](C(=O)N1CCn2c(nnc2C2CC2)C1)n1nc2ccccc2n1. The molecule has 25 heavy (non-hydrogen) atoms. The van der Waals surface area contributed by atoms with Crippen molar-refractivity contribution in [1.82, 2.24) is 34.7 Å². The molecule has 8 nitrogen and oxygen atoms in total. The summed E-state index contributed by atoms with van der Waals surface area (Å²) in [5.74, 6) is 2.56. The number of amides is 1. The van der Waals surface area contributed by atoms with Crippen molar-refractivity contribution >= 4 is 16.9 Å². The van der Waals surface area contributed by atoms with E-state index >= 15 is 0 Å². The molecule has 1 aliphatic carbocycles. The number of nitrogens with zero attached hydrogens (tertiary/aromatic N) is 7. The zero-order valence-electron chi connectivity index (χ0n) is 14.0. The smallest absolute Gasteiger partial charge is 0.249 e. The molecule has 2 aliphatic rings. The quantitative estimate of drug-likeness (QED) is 0.723. The first kappa shape index (κ1) is 14.6. The van der Waals surface area contributed by atoms with Crippen LogP contribution in [0.1, 0.15) is 43.4 Å². The fourth-order valence-corrected chi connectivity index (χ4v) is 3.42. The van der Waals surface area contributed by atoms with Gasteiger partial charge in [0.25, 0.3) is 0 Å². The van der Waals surface area contributed by atoms with E-state index in [1.807, 2.05) is 36.1 Å². The van der Waals surface area contributed by atoms with Crippen LogP contribution < -0.4 is 0 Å². The summed E-state index contributed by atoms with van der Waals surface area (Å²) in [7, 11) is 0. The molecule has 1 aromatic carbocycles. The second-order valence-electron chi connectivity index (χ2n) is 6.85. The molecule has 0 spiro atoms. The van der Waals surface area contributed by atoms with Crippen molar-refractivity contribution in [2.24, 2.45) is 0 Å². The van der Waals surface area contributed by atoms with Crippen molar-refractivity contribution in [3.8, 4) is 0 Å². The summed E-state index contributed by atoms with van der Waals surface area (Å²) >= 11 is 0. The zero-order valence-corrected chi connectivity index (χ0v) is 14.0. The Morgan fingerprint density at radius 2 is 1.84 bits per heavy atom. The summed E-state index contributed by atoms with van der Waals surface area (Å²) in [5, 5.41) is 17.5. The molecule has 1 aliphatic heterocycles. The largest absolute Gasteiger partial charge is 0.331 e. The standard InChI is InChI=1S/C17H19N7O/c1-11(24-20-13-4-2-3-5-14(13)21-24)17(25)22-8-9-23-15(10-22)18-19-16(23)12-6-7-12/h2-5,11-12H,6-10H2,1H3/t11-/m1/s1. The lowest BCUT2D eigenvalue weighted by atomic mass is 10.2. The molecule has 128 valence electrons. The van der Waals surface area contributed by atoms with Crippen LogP contribution in [0.5, 0.6) is 0 Å². The Balaban J connectivity index is 1.36. The topological polar surface area (TPSA) is 81.7 Å². The third kappa shape index (κ3) is 2.40. The average Bonchev–Trinajstić information content (AvgIpc) is 3.25. The molecule has 1 atom stereocenters. The molecule has 3 aromatic rings. The minimum Gasteiger partial charge on any atom is -0.331 e. The van der Waals surface area contributed by atoms with Crippen LogP contribution in [-0.2, 0) is 17.9 Å². The molecule has 0 bridgehead atoms. The van der Waals surface area contributed by atoms with E-state index in [9.17, 15) is 4.79 Å². The van der Waals surface area contributed by atoms with E-state index in [2.05, 4.69) is 25.0 Å². The van der Waals surface area contributed by atoms with Crippen LogP contribution in [-0.4, -0.2) is 47.1 Å². The van der Waals surface area contributed by atoms with Gasteiger partial charge in [0, 0.05) is 19.0 Å². The lowest BCUT2D eigenvalue weighted by Gasteiger charge is -2.29. The maximum Gasteiger partial charge on any atom is 0.249 e. The van der Waals surface area contributed by atoms with Crippen molar-refractivity contribution in [3.05, 3.63) is 35.9 Å². The fraction of sp³-hybridized carbons (Fsp3) is 0.471. The van der Waals surface area contributed by atoms with Gasteiger partial charge in [-0.3, -0.25) is 4.79 Å². The van der Waals surface area contributed by atoms with Gasteiger partial charge in [-0.15, -0.1) is 10.2 Å². The number of carbonyl (C=O) groups is 1. The first-order valence-electron chi connectivity index (χ1n) is 8.73. The number of hydrogen-bond acceptors (Lipinski definition) is 5. The van der Waals surface area contributed by atoms with Gasteiger partial charge >= 0.3 is 0 Å². The highest BCUT2D eigenvalue weighted by atomic mass is 16.2. The normalized spacial score (nSPS) is 18.4. The zero-order chi connectivity index (χ0) is 17.0. The molecule has 8 heteroatoms. The first-order valence-corrected chi connectivity index (χ1v) is 8.73. The number of hydrogen-bond donors (Lipinski definition) is 0. The predicted octanol–water partition coefficient (Wildman–Crippen LogP) is 1.50. The lowest BCUT2D eigenvalue weighted by Crippen LogP contribution is -2.42. The van der Waals surface area contributed by atoms with Gasteiger partial charge < -0.3 is 9.47 Å². The summed E-state index contributed by atoms with van der Waals surface area (Å²) in [4.78, 5) is 16.3. The van der Waals surface area contributed by atoms with Gasteiger partial charge in [0.2, 0.25) is 5.91 Å². The van der Waals surface area contributed by atoms with Crippen LogP contribution in [0.3, 0.4) is 0 Å². The Bertz CT molecular complexity index is 922. The molecule has 0 unspecified atom stereocenters. The molecule has 0 saturated heterocycles. The van der Waals surface area contributed by atoms with Gasteiger partial charge in [0.15, 0.2) is 5.82 Å². The van der Waals surface area contributed by atoms with Crippen LogP contribution in [0.2, 0.25) is 0 Å². The van der Waals surface area contributed by atoms with Crippen molar-refractivity contribution in [2.45, 2.75) is 44.8 Å². The monoisotopic (exact) mass is 337 g/mol. The van der Waals surface area contributed by atoms with Gasteiger partial charge in [-0.1, -0.05) is 12.1 Å². The maximum atomic E-state index is 12.9. The molecular weight excluding hydrogens is 318 g/mol. The average molecular weight is 337 g/mol. The van der Waals surface area contributed by atoms with Gasteiger partial charge in [-0.25, -0.2) is 0 Å². The van der Waals surface area contributed by atoms with Gasteiger partial charge in [0.1, 0.15) is 22.9 Å². The predicted molar refractivity (Wildman–Crippen MR) is 89.7 cm³/mol. The highest BCUT2D eigenvalue weighted by Gasteiger charge is 2.34. The fourth-order valence-electron chi connectivity index (χ4n) is 3.42. The molecular formula is C17H19N7O. The Labute approximate surface area is 144 Å². The summed E-state index contributed by atoms with van der Waals surface area (Å²) in [6.07, 6.45) is 2.41. The Kier molecular flexibility index (Phi) is 3.13. The van der Waals surface area contributed by atoms with E-state index in [-0.39, 0.29) is 5.91 Å².